The molecule has 0 spiro atoms. The zero-order chi connectivity index (χ0) is 25.0. The van der Waals surface area contributed by atoms with Crippen LogP contribution in [0.25, 0.3) is 16.8 Å². The van der Waals surface area contributed by atoms with Crippen LogP contribution in [0.4, 0.5) is 17.5 Å². The Balaban J connectivity index is 1.18. The van der Waals surface area contributed by atoms with Crippen LogP contribution in [0.5, 0.6) is 0 Å². The molecule has 1 aliphatic heterocycles. The van der Waals surface area contributed by atoms with E-state index in [1.54, 1.807) is 6.20 Å². The largest absolute Gasteiger partial charge is 0.393 e. The van der Waals surface area contributed by atoms with Crippen LogP contribution < -0.4 is 10.6 Å². The Bertz CT molecular complexity index is 1220. The van der Waals surface area contributed by atoms with Crippen molar-refractivity contribution in [2.45, 2.75) is 69.6 Å². The number of pyridine rings is 1. The van der Waals surface area contributed by atoms with E-state index < -0.39 is 0 Å². The minimum atomic E-state index is -0.190. The van der Waals surface area contributed by atoms with Gasteiger partial charge in [-0.3, -0.25) is 9.88 Å². The fourth-order valence-electron chi connectivity index (χ4n) is 5.61. The van der Waals surface area contributed by atoms with Gasteiger partial charge in [-0.25, -0.2) is 4.98 Å². The number of hydrogen-bond donors (Lipinski definition) is 3. The van der Waals surface area contributed by atoms with Gasteiger partial charge >= 0.3 is 0 Å². The number of rotatable bonds is 7. The highest BCUT2D eigenvalue weighted by atomic mass is 16.3. The van der Waals surface area contributed by atoms with E-state index in [0.29, 0.717) is 5.95 Å². The first kappa shape index (κ1) is 24.1. The fraction of sp³-hybridized carbons (Fsp3) is 0.433. The van der Waals surface area contributed by atoms with E-state index >= 15 is 0 Å². The summed E-state index contributed by atoms with van der Waals surface area (Å²) < 4.78 is 0. The Morgan fingerprint density at radius 3 is 2.49 bits per heavy atom. The number of anilines is 3. The van der Waals surface area contributed by atoms with Crippen molar-refractivity contribution in [3.8, 4) is 11.3 Å². The summed E-state index contributed by atoms with van der Waals surface area (Å²) in [5, 5.41) is 16.9. The van der Waals surface area contributed by atoms with E-state index in [1.807, 2.05) is 24.4 Å². The normalized spacial score (nSPS) is 22.7. The molecule has 0 unspecified atom stereocenters. The van der Waals surface area contributed by atoms with Crippen LogP contribution in [-0.2, 0) is 0 Å². The minimum Gasteiger partial charge on any atom is -0.393 e. The lowest BCUT2D eigenvalue weighted by Crippen LogP contribution is -2.42. The number of hydrogen-bond acceptors (Lipinski definition) is 7. The molecule has 7 heteroatoms. The molecule has 2 saturated carbocycles. The molecule has 0 bridgehead atoms. The second-order valence-electron chi connectivity index (χ2n) is 10.6. The van der Waals surface area contributed by atoms with Crippen molar-refractivity contribution in [1.29, 1.82) is 0 Å². The number of nitrogens with one attached hydrogen (secondary N) is 2. The zero-order valence-electron chi connectivity index (χ0n) is 21.3. The van der Waals surface area contributed by atoms with E-state index in [-0.39, 0.29) is 12.1 Å². The second-order valence-corrected chi connectivity index (χ2v) is 10.6. The molecule has 2 fully saturated rings. The summed E-state index contributed by atoms with van der Waals surface area (Å²) in [6, 6.07) is 15.6. The van der Waals surface area contributed by atoms with Crippen molar-refractivity contribution in [3.05, 3.63) is 66.5 Å². The number of benzene rings is 1. The Morgan fingerprint density at radius 1 is 0.919 bits per heavy atom. The topological polar surface area (TPSA) is 86.2 Å². The van der Waals surface area contributed by atoms with Crippen LogP contribution in [0.15, 0.2) is 60.9 Å². The third kappa shape index (κ3) is 5.68. The Kier molecular flexibility index (Phi) is 7.15. The molecule has 0 radical (unpaired) electrons. The van der Waals surface area contributed by atoms with Crippen LogP contribution in [0, 0.1) is 0 Å². The molecule has 3 aliphatic rings. The molecule has 0 atom stereocenters. The van der Waals surface area contributed by atoms with Crippen molar-refractivity contribution in [1.82, 2.24) is 19.9 Å². The van der Waals surface area contributed by atoms with E-state index in [0.717, 1.165) is 67.5 Å². The molecule has 6 rings (SSSR count). The summed E-state index contributed by atoms with van der Waals surface area (Å²) in [7, 11) is 0. The van der Waals surface area contributed by atoms with Gasteiger partial charge in [0.2, 0.25) is 5.95 Å². The Morgan fingerprint density at radius 2 is 1.76 bits per heavy atom. The lowest BCUT2D eigenvalue weighted by Gasteiger charge is -2.39. The summed E-state index contributed by atoms with van der Waals surface area (Å²) in [5.74, 6) is 1.33. The van der Waals surface area contributed by atoms with E-state index in [9.17, 15) is 5.11 Å². The summed E-state index contributed by atoms with van der Waals surface area (Å²) in [6.45, 7) is 2.25. The van der Waals surface area contributed by atoms with E-state index in [1.165, 1.54) is 36.9 Å². The van der Waals surface area contributed by atoms with Gasteiger partial charge in [0.25, 0.3) is 0 Å². The maximum Gasteiger partial charge on any atom is 0.229 e. The number of aliphatic hydroxyl groups excluding tert-OH is 1. The van der Waals surface area contributed by atoms with Crippen LogP contribution >= 0.6 is 0 Å². The molecular formula is C30H36N6O. The van der Waals surface area contributed by atoms with Crippen molar-refractivity contribution in [2.24, 2.45) is 0 Å². The zero-order valence-corrected chi connectivity index (χ0v) is 21.3. The molecule has 3 aromatic rings. The molecule has 7 nitrogen and oxygen atoms in total. The van der Waals surface area contributed by atoms with Gasteiger partial charge in [-0.2, -0.15) is 4.98 Å². The molecule has 3 heterocycles. The molecule has 2 aliphatic carbocycles. The van der Waals surface area contributed by atoms with Gasteiger partial charge in [-0.15, -0.1) is 0 Å². The predicted molar refractivity (Wildman–Crippen MR) is 149 cm³/mol. The lowest BCUT2D eigenvalue weighted by atomic mass is 9.89. The highest BCUT2D eigenvalue weighted by Crippen LogP contribution is 2.32. The van der Waals surface area contributed by atoms with Gasteiger partial charge in [0.05, 0.1) is 17.4 Å². The van der Waals surface area contributed by atoms with Gasteiger partial charge in [0, 0.05) is 43.3 Å². The fourth-order valence-corrected chi connectivity index (χ4v) is 5.61. The number of nitrogens with zero attached hydrogens (tertiary/aromatic N) is 4. The van der Waals surface area contributed by atoms with Crippen LogP contribution in [-0.4, -0.2) is 56.2 Å². The highest BCUT2D eigenvalue weighted by molar-refractivity contribution is 5.74. The quantitative estimate of drug-likeness (QED) is 0.390. The summed E-state index contributed by atoms with van der Waals surface area (Å²) >= 11 is 0. The first-order chi connectivity index (χ1) is 18.2. The third-order valence-corrected chi connectivity index (χ3v) is 8.05. The van der Waals surface area contributed by atoms with Crippen molar-refractivity contribution in [3.63, 3.8) is 0 Å². The van der Waals surface area contributed by atoms with E-state index in [2.05, 4.69) is 55.8 Å². The molecule has 0 amide bonds. The molecule has 2 aromatic heterocycles. The van der Waals surface area contributed by atoms with Gasteiger partial charge in [0.15, 0.2) is 0 Å². The molecule has 192 valence electrons. The summed E-state index contributed by atoms with van der Waals surface area (Å²) in [4.78, 5) is 16.6. The molecule has 0 saturated heterocycles. The molecule has 37 heavy (non-hydrogen) atoms. The highest BCUT2D eigenvalue weighted by Gasteiger charge is 2.27. The molecule has 3 N–H and O–H groups in total. The Hall–Kier alpha value is -3.29. The van der Waals surface area contributed by atoms with Crippen LogP contribution in [0.3, 0.4) is 0 Å². The predicted octanol–water partition coefficient (Wildman–Crippen LogP) is 5.64. The van der Waals surface area contributed by atoms with Crippen LogP contribution in [0.1, 0.15) is 56.9 Å². The monoisotopic (exact) mass is 496 g/mol. The molecule has 1 aromatic carbocycles. The van der Waals surface area contributed by atoms with Gasteiger partial charge in [0.1, 0.15) is 5.82 Å². The Labute approximate surface area is 219 Å². The van der Waals surface area contributed by atoms with Gasteiger partial charge in [-0.05, 0) is 80.3 Å². The first-order valence-corrected chi connectivity index (χ1v) is 13.7. The average molecular weight is 497 g/mol. The van der Waals surface area contributed by atoms with Gasteiger partial charge < -0.3 is 15.7 Å². The van der Waals surface area contributed by atoms with Gasteiger partial charge in [-0.1, -0.05) is 30.7 Å². The number of aromatic nitrogens is 3. The average Bonchev–Trinajstić information content (AvgIpc) is 2.90. The number of aliphatic hydroxyl groups is 1. The van der Waals surface area contributed by atoms with Crippen molar-refractivity contribution >= 4 is 23.0 Å². The minimum absolute atomic E-state index is 0.190. The maximum absolute atomic E-state index is 9.91. The third-order valence-electron chi connectivity index (χ3n) is 8.05. The smallest absolute Gasteiger partial charge is 0.229 e. The lowest BCUT2D eigenvalue weighted by molar-refractivity contribution is 0.126. The van der Waals surface area contributed by atoms with Crippen LogP contribution in [0.2, 0.25) is 0 Å². The van der Waals surface area contributed by atoms with Crippen molar-refractivity contribution < 1.29 is 5.11 Å². The summed E-state index contributed by atoms with van der Waals surface area (Å²) in [6.07, 6.45) is 14.5. The standard InChI is InChI=1S/C30H36N6O/c37-26-15-13-23(14-16-26)33-29-27(28-8-1-2-17-31-28)19-32-30(35-29)34-24-11-9-21(10-12-24)22-5-4-18-36(20-22)25-6-3-7-25/h1-2,5,8-12,17,19,23,25-26,37H,3-4,6-7,13-16,18,20H2,(H2,32,33,34,35). The first-order valence-electron chi connectivity index (χ1n) is 13.7. The SMILES string of the molecule is OC1CCC(Nc2nc(Nc3ccc(C4=CCCN(C5CCC5)C4)cc3)ncc2-c2ccccn2)CC1. The second kappa shape index (κ2) is 11.0. The maximum atomic E-state index is 9.91. The summed E-state index contributed by atoms with van der Waals surface area (Å²) in [5.41, 5.74) is 5.42. The van der Waals surface area contributed by atoms with Crippen molar-refractivity contribution in [2.75, 3.05) is 23.7 Å². The molecular weight excluding hydrogens is 460 g/mol. The van der Waals surface area contributed by atoms with E-state index in [4.69, 9.17) is 4.98 Å².